The number of nitrogens with zero attached hydrogens (tertiary/aromatic N) is 1. The van der Waals surface area contributed by atoms with Crippen LogP contribution in [0.2, 0.25) is 0 Å². The van der Waals surface area contributed by atoms with Gasteiger partial charge in [0.25, 0.3) is 0 Å². The summed E-state index contributed by atoms with van der Waals surface area (Å²) in [5.41, 5.74) is 0.318. The molecule has 0 spiro atoms. The molecular formula is C18H35NO2. The van der Waals surface area contributed by atoms with Crippen LogP contribution in [0.3, 0.4) is 0 Å². The van der Waals surface area contributed by atoms with E-state index in [1.807, 2.05) is 0 Å². The summed E-state index contributed by atoms with van der Waals surface area (Å²) in [6.07, 6.45) is 5.24. The maximum absolute atomic E-state index is 11.6. The molecule has 1 aliphatic carbocycles. The van der Waals surface area contributed by atoms with Crippen LogP contribution in [-0.2, 0) is 4.79 Å². The van der Waals surface area contributed by atoms with Crippen LogP contribution in [0.15, 0.2) is 0 Å². The molecule has 0 saturated heterocycles. The SMILES string of the molecule is CCC(C)CN(C)C1CC(C(C)(C)CC)CCC1C(=O)O. The van der Waals surface area contributed by atoms with Gasteiger partial charge in [-0.15, -0.1) is 0 Å². The summed E-state index contributed by atoms with van der Waals surface area (Å²) in [5, 5.41) is 9.57. The Labute approximate surface area is 131 Å². The minimum absolute atomic E-state index is 0.192. The summed E-state index contributed by atoms with van der Waals surface area (Å²) < 4.78 is 0. The van der Waals surface area contributed by atoms with Crippen molar-refractivity contribution in [3.05, 3.63) is 0 Å². The third-order valence-corrected chi connectivity index (χ3v) is 6.01. The molecule has 4 atom stereocenters. The Balaban J connectivity index is 2.84. The zero-order valence-electron chi connectivity index (χ0n) is 14.9. The van der Waals surface area contributed by atoms with Gasteiger partial charge in [-0.25, -0.2) is 0 Å². The van der Waals surface area contributed by atoms with E-state index in [4.69, 9.17) is 0 Å². The van der Waals surface area contributed by atoms with Gasteiger partial charge in [-0.05, 0) is 43.6 Å². The summed E-state index contributed by atoms with van der Waals surface area (Å²) >= 11 is 0. The highest BCUT2D eigenvalue weighted by Crippen LogP contribution is 2.43. The number of carboxylic acid groups (broad SMARTS) is 1. The molecule has 0 aromatic rings. The van der Waals surface area contributed by atoms with Gasteiger partial charge in [0.15, 0.2) is 0 Å². The van der Waals surface area contributed by atoms with E-state index in [1.54, 1.807) is 0 Å². The van der Waals surface area contributed by atoms with Crippen molar-refractivity contribution in [1.29, 1.82) is 0 Å². The topological polar surface area (TPSA) is 40.5 Å². The number of aliphatic carboxylic acids is 1. The highest BCUT2D eigenvalue weighted by atomic mass is 16.4. The number of carbonyl (C=O) groups is 1. The Morgan fingerprint density at radius 1 is 1.33 bits per heavy atom. The van der Waals surface area contributed by atoms with Crippen molar-refractivity contribution in [1.82, 2.24) is 4.90 Å². The van der Waals surface area contributed by atoms with Crippen LogP contribution in [-0.4, -0.2) is 35.6 Å². The molecule has 1 saturated carbocycles. The fourth-order valence-electron chi connectivity index (χ4n) is 3.68. The first-order valence-electron chi connectivity index (χ1n) is 8.65. The maximum Gasteiger partial charge on any atom is 0.308 e. The lowest BCUT2D eigenvalue weighted by Gasteiger charge is -2.45. The van der Waals surface area contributed by atoms with Crippen LogP contribution >= 0.6 is 0 Å². The summed E-state index contributed by atoms with van der Waals surface area (Å²) in [7, 11) is 2.12. The second-order valence-corrected chi connectivity index (χ2v) is 7.82. The van der Waals surface area contributed by atoms with E-state index in [9.17, 15) is 9.90 Å². The van der Waals surface area contributed by atoms with E-state index in [0.29, 0.717) is 17.3 Å². The van der Waals surface area contributed by atoms with Crippen molar-refractivity contribution in [2.75, 3.05) is 13.6 Å². The zero-order valence-corrected chi connectivity index (χ0v) is 14.9. The quantitative estimate of drug-likeness (QED) is 0.763. The first-order valence-corrected chi connectivity index (χ1v) is 8.65. The normalized spacial score (nSPS) is 28.6. The Bertz CT molecular complexity index is 340. The molecule has 3 heteroatoms. The molecule has 0 aromatic heterocycles. The number of carboxylic acids is 1. The third kappa shape index (κ3) is 4.70. The third-order valence-electron chi connectivity index (χ3n) is 6.01. The minimum Gasteiger partial charge on any atom is -0.481 e. The molecule has 0 radical (unpaired) electrons. The van der Waals surface area contributed by atoms with Gasteiger partial charge in [-0.3, -0.25) is 4.79 Å². The van der Waals surface area contributed by atoms with E-state index >= 15 is 0 Å². The summed E-state index contributed by atoms with van der Waals surface area (Å²) in [6, 6.07) is 0.195. The van der Waals surface area contributed by atoms with Crippen LogP contribution in [0, 0.1) is 23.2 Å². The van der Waals surface area contributed by atoms with Crippen molar-refractivity contribution < 1.29 is 9.90 Å². The highest BCUT2D eigenvalue weighted by molar-refractivity contribution is 5.71. The van der Waals surface area contributed by atoms with E-state index in [2.05, 4.69) is 46.6 Å². The molecule has 1 fully saturated rings. The first kappa shape index (κ1) is 18.5. The lowest BCUT2D eigenvalue weighted by molar-refractivity contribution is -0.146. The van der Waals surface area contributed by atoms with Gasteiger partial charge in [0.2, 0.25) is 0 Å². The molecule has 0 bridgehead atoms. The predicted octanol–water partition coefficient (Wildman–Crippen LogP) is 4.27. The fraction of sp³-hybridized carbons (Fsp3) is 0.944. The van der Waals surface area contributed by atoms with E-state index < -0.39 is 5.97 Å². The summed E-state index contributed by atoms with van der Waals surface area (Å²) in [6.45, 7) is 12.4. The first-order chi connectivity index (χ1) is 9.72. The van der Waals surface area contributed by atoms with Gasteiger partial charge in [0, 0.05) is 12.6 Å². The van der Waals surface area contributed by atoms with Gasteiger partial charge in [0.05, 0.1) is 5.92 Å². The van der Waals surface area contributed by atoms with Crippen LogP contribution < -0.4 is 0 Å². The fourth-order valence-corrected chi connectivity index (χ4v) is 3.68. The number of hydrogen-bond acceptors (Lipinski definition) is 2. The highest BCUT2D eigenvalue weighted by Gasteiger charge is 2.41. The van der Waals surface area contributed by atoms with Crippen LogP contribution in [0.5, 0.6) is 0 Å². The molecule has 1 N–H and O–H groups in total. The Morgan fingerprint density at radius 3 is 2.43 bits per heavy atom. The lowest BCUT2D eigenvalue weighted by atomic mass is 9.65. The van der Waals surface area contributed by atoms with Gasteiger partial charge in [-0.2, -0.15) is 0 Å². The van der Waals surface area contributed by atoms with Crippen LogP contribution in [0.4, 0.5) is 0 Å². The van der Waals surface area contributed by atoms with Gasteiger partial charge in [0.1, 0.15) is 0 Å². The van der Waals surface area contributed by atoms with E-state index in [0.717, 1.165) is 38.6 Å². The predicted molar refractivity (Wildman–Crippen MR) is 88.4 cm³/mol. The molecule has 0 amide bonds. The largest absolute Gasteiger partial charge is 0.481 e. The second kappa shape index (κ2) is 7.62. The molecule has 3 nitrogen and oxygen atoms in total. The standard InChI is InChI=1S/C18H35NO2/c1-7-13(3)12-19(6)16-11-14(18(4,5)8-2)9-10-15(16)17(20)21/h13-16H,7-12H2,1-6H3,(H,20,21). The number of hydrogen-bond donors (Lipinski definition) is 1. The van der Waals surface area contributed by atoms with Gasteiger partial charge < -0.3 is 10.0 Å². The minimum atomic E-state index is -0.608. The molecule has 124 valence electrons. The van der Waals surface area contributed by atoms with Crippen molar-refractivity contribution in [2.45, 2.75) is 72.8 Å². The van der Waals surface area contributed by atoms with Gasteiger partial charge in [-0.1, -0.05) is 47.5 Å². The molecule has 0 aromatic carbocycles. The molecule has 0 aliphatic heterocycles. The smallest absolute Gasteiger partial charge is 0.308 e. The van der Waals surface area contributed by atoms with E-state index in [1.165, 1.54) is 0 Å². The van der Waals surface area contributed by atoms with Gasteiger partial charge >= 0.3 is 5.97 Å². The van der Waals surface area contributed by atoms with Crippen molar-refractivity contribution in [3.63, 3.8) is 0 Å². The summed E-state index contributed by atoms with van der Waals surface area (Å²) in [5.74, 6) is 0.471. The van der Waals surface area contributed by atoms with Crippen LogP contribution in [0.25, 0.3) is 0 Å². The van der Waals surface area contributed by atoms with Crippen molar-refractivity contribution in [2.24, 2.45) is 23.2 Å². The van der Waals surface area contributed by atoms with Crippen LogP contribution in [0.1, 0.15) is 66.7 Å². The summed E-state index contributed by atoms with van der Waals surface area (Å²) in [4.78, 5) is 13.9. The maximum atomic E-state index is 11.6. The van der Waals surface area contributed by atoms with Crippen molar-refractivity contribution >= 4 is 5.97 Å². The Morgan fingerprint density at radius 2 is 1.95 bits per heavy atom. The zero-order chi connectivity index (χ0) is 16.2. The average molecular weight is 297 g/mol. The molecular weight excluding hydrogens is 262 g/mol. The molecule has 1 rings (SSSR count). The lowest BCUT2D eigenvalue weighted by Crippen LogP contribution is -2.48. The molecule has 1 aliphatic rings. The van der Waals surface area contributed by atoms with E-state index in [-0.39, 0.29) is 12.0 Å². The molecule has 4 unspecified atom stereocenters. The monoisotopic (exact) mass is 297 g/mol. The second-order valence-electron chi connectivity index (χ2n) is 7.82. The Hall–Kier alpha value is -0.570. The van der Waals surface area contributed by atoms with Crippen molar-refractivity contribution in [3.8, 4) is 0 Å². The number of rotatable bonds is 7. The molecule has 21 heavy (non-hydrogen) atoms. The molecule has 0 heterocycles. The Kier molecular flexibility index (Phi) is 6.71. The average Bonchev–Trinajstić information content (AvgIpc) is 2.46.